The van der Waals surface area contributed by atoms with Gasteiger partial charge in [0.1, 0.15) is 4.90 Å². The molecule has 2 heterocycles. The number of fused-ring (bicyclic) bond motifs is 1. The van der Waals surface area contributed by atoms with Crippen molar-refractivity contribution in [2.45, 2.75) is 24.8 Å². The molecule has 1 aromatic carbocycles. The van der Waals surface area contributed by atoms with Gasteiger partial charge in [0, 0.05) is 38.6 Å². The standard InChI is InChI=1S/C19H25N5O2S/c1-2-21-19(24-13-9-16-6-3-4-7-17(16)15-24)22-11-12-23-27(25,26)18-8-5-10-20-14-18/h3-8,10,14,23H,2,9,11-13,15H2,1H3,(H,21,22). The van der Waals surface area contributed by atoms with Gasteiger partial charge in [-0.05, 0) is 36.6 Å². The molecule has 0 spiro atoms. The Morgan fingerprint density at radius 3 is 2.78 bits per heavy atom. The van der Waals surface area contributed by atoms with Crippen molar-refractivity contribution in [1.82, 2.24) is 19.9 Å². The third-order valence-corrected chi connectivity index (χ3v) is 5.82. The van der Waals surface area contributed by atoms with E-state index in [0.29, 0.717) is 6.54 Å². The summed E-state index contributed by atoms with van der Waals surface area (Å²) in [6.07, 6.45) is 3.86. The van der Waals surface area contributed by atoms with Gasteiger partial charge in [-0.2, -0.15) is 0 Å². The fourth-order valence-electron chi connectivity index (χ4n) is 3.03. The summed E-state index contributed by atoms with van der Waals surface area (Å²) in [5, 5.41) is 3.30. The Labute approximate surface area is 160 Å². The molecule has 3 rings (SSSR count). The van der Waals surface area contributed by atoms with Gasteiger partial charge in [0.2, 0.25) is 10.0 Å². The topological polar surface area (TPSA) is 86.7 Å². The van der Waals surface area contributed by atoms with Crippen LogP contribution in [0.3, 0.4) is 0 Å². The Bertz CT molecular complexity index is 884. The molecular formula is C19H25N5O2S. The maximum atomic E-state index is 12.2. The summed E-state index contributed by atoms with van der Waals surface area (Å²) < 4.78 is 27.0. The molecule has 2 N–H and O–H groups in total. The number of pyridine rings is 1. The summed E-state index contributed by atoms with van der Waals surface area (Å²) in [7, 11) is -3.55. The maximum absolute atomic E-state index is 12.2. The van der Waals surface area contributed by atoms with E-state index in [1.165, 1.54) is 23.4 Å². The third-order valence-electron chi connectivity index (χ3n) is 4.38. The molecule has 0 bridgehead atoms. The van der Waals surface area contributed by atoms with Crippen LogP contribution in [0.5, 0.6) is 0 Å². The largest absolute Gasteiger partial charge is 0.357 e. The zero-order valence-electron chi connectivity index (χ0n) is 15.4. The summed E-state index contributed by atoms with van der Waals surface area (Å²) in [5.74, 6) is 0.813. The molecule has 0 atom stereocenters. The predicted molar refractivity (Wildman–Crippen MR) is 106 cm³/mol. The molecule has 0 saturated carbocycles. The first kappa shape index (κ1) is 19.3. The van der Waals surface area contributed by atoms with Gasteiger partial charge in [-0.1, -0.05) is 24.3 Å². The SMILES string of the molecule is CCNC(=NCCNS(=O)(=O)c1cccnc1)N1CCc2ccccc2C1. The monoisotopic (exact) mass is 387 g/mol. The van der Waals surface area contributed by atoms with Crippen LogP contribution in [-0.2, 0) is 23.0 Å². The molecule has 7 nitrogen and oxygen atoms in total. The van der Waals surface area contributed by atoms with Crippen LogP contribution in [0.25, 0.3) is 0 Å². The van der Waals surface area contributed by atoms with Crippen molar-refractivity contribution in [3.8, 4) is 0 Å². The van der Waals surface area contributed by atoms with Gasteiger partial charge in [-0.25, -0.2) is 13.1 Å². The Hall–Kier alpha value is -2.45. The van der Waals surface area contributed by atoms with E-state index < -0.39 is 10.0 Å². The van der Waals surface area contributed by atoms with Crippen LogP contribution in [0.1, 0.15) is 18.1 Å². The smallest absolute Gasteiger partial charge is 0.242 e. The van der Waals surface area contributed by atoms with Crippen LogP contribution in [0, 0.1) is 0 Å². The average molecular weight is 388 g/mol. The van der Waals surface area contributed by atoms with Crippen LogP contribution in [0.2, 0.25) is 0 Å². The quantitative estimate of drug-likeness (QED) is 0.444. The predicted octanol–water partition coefficient (Wildman–Crippen LogP) is 1.38. The first-order valence-electron chi connectivity index (χ1n) is 9.10. The lowest BCUT2D eigenvalue weighted by molar-refractivity contribution is 0.379. The Balaban J connectivity index is 1.60. The first-order chi connectivity index (χ1) is 13.1. The Kier molecular flexibility index (Phi) is 6.41. The van der Waals surface area contributed by atoms with E-state index in [1.54, 1.807) is 12.3 Å². The second kappa shape index (κ2) is 8.96. The highest BCUT2D eigenvalue weighted by atomic mass is 32.2. The van der Waals surface area contributed by atoms with Crippen LogP contribution in [-0.4, -0.2) is 50.4 Å². The number of hydrogen-bond acceptors (Lipinski definition) is 4. The van der Waals surface area contributed by atoms with Gasteiger partial charge in [-0.3, -0.25) is 9.98 Å². The molecule has 0 unspecified atom stereocenters. The zero-order valence-corrected chi connectivity index (χ0v) is 16.2. The summed E-state index contributed by atoms with van der Waals surface area (Å²) in [4.78, 5) is 10.8. The van der Waals surface area contributed by atoms with Gasteiger partial charge < -0.3 is 10.2 Å². The Morgan fingerprint density at radius 2 is 2.04 bits per heavy atom. The van der Waals surface area contributed by atoms with Crippen molar-refractivity contribution < 1.29 is 8.42 Å². The number of hydrogen-bond donors (Lipinski definition) is 2. The molecule has 1 aliphatic heterocycles. The van der Waals surface area contributed by atoms with E-state index in [1.807, 2.05) is 6.92 Å². The minimum absolute atomic E-state index is 0.161. The van der Waals surface area contributed by atoms with Crippen LogP contribution in [0.4, 0.5) is 0 Å². The van der Waals surface area contributed by atoms with E-state index in [9.17, 15) is 8.42 Å². The maximum Gasteiger partial charge on any atom is 0.242 e. The van der Waals surface area contributed by atoms with E-state index in [0.717, 1.165) is 32.0 Å². The molecule has 0 amide bonds. The number of benzene rings is 1. The highest BCUT2D eigenvalue weighted by Crippen LogP contribution is 2.18. The van der Waals surface area contributed by atoms with E-state index >= 15 is 0 Å². The summed E-state index contributed by atoms with van der Waals surface area (Å²) in [5.41, 5.74) is 2.69. The molecule has 0 saturated heterocycles. The number of nitrogens with one attached hydrogen (secondary N) is 2. The number of aromatic nitrogens is 1. The number of nitrogens with zero attached hydrogens (tertiary/aromatic N) is 3. The van der Waals surface area contributed by atoms with Crippen molar-refractivity contribution in [3.05, 3.63) is 59.9 Å². The molecule has 144 valence electrons. The fourth-order valence-corrected chi connectivity index (χ4v) is 4.02. The molecule has 2 aromatic rings. The second-order valence-electron chi connectivity index (χ2n) is 6.26. The van der Waals surface area contributed by atoms with Crippen LogP contribution < -0.4 is 10.0 Å². The lowest BCUT2D eigenvalue weighted by Gasteiger charge is -2.31. The molecule has 0 fully saturated rings. The summed E-state index contributed by atoms with van der Waals surface area (Å²) >= 11 is 0. The molecular weight excluding hydrogens is 362 g/mol. The summed E-state index contributed by atoms with van der Waals surface area (Å²) in [6, 6.07) is 11.6. The van der Waals surface area contributed by atoms with E-state index in [-0.39, 0.29) is 11.4 Å². The third kappa shape index (κ3) is 5.05. The normalized spacial score (nSPS) is 14.7. The van der Waals surface area contributed by atoms with Crippen LogP contribution >= 0.6 is 0 Å². The molecule has 8 heteroatoms. The van der Waals surface area contributed by atoms with Gasteiger partial charge in [0.15, 0.2) is 5.96 Å². The lowest BCUT2D eigenvalue weighted by Crippen LogP contribution is -2.44. The molecule has 0 radical (unpaired) electrons. The molecule has 1 aromatic heterocycles. The van der Waals surface area contributed by atoms with Crippen molar-refractivity contribution in [3.63, 3.8) is 0 Å². The van der Waals surface area contributed by atoms with Crippen molar-refractivity contribution in [2.24, 2.45) is 4.99 Å². The number of guanidine groups is 1. The summed E-state index contributed by atoms with van der Waals surface area (Å²) in [6.45, 7) is 5.08. The van der Waals surface area contributed by atoms with Gasteiger partial charge in [0.05, 0.1) is 6.54 Å². The zero-order chi connectivity index (χ0) is 19.1. The molecule has 0 aliphatic carbocycles. The van der Waals surface area contributed by atoms with Crippen molar-refractivity contribution >= 4 is 16.0 Å². The lowest BCUT2D eigenvalue weighted by atomic mass is 10.0. The number of rotatable bonds is 6. The van der Waals surface area contributed by atoms with E-state index in [4.69, 9.17) is 0 Å². The first-order valence-corrected chi connectivity index (χ1v) is 10.6. The Morgan fingerprint density at radius 1 is 1.22 bits per heavy atom. The van der Waals surface area contributed by atoms with Crippen molar-refractivity contribution in [1.29, 1.82) is 0 Å². The molecule has 27 heavy (non-hydrogen) atoms. The number of sulfonamides is 1. The van der Waals surface area contributed by atoms with Gasteiger partial charge >= 0.3 is 0 Å². The van der Waals surface area contributed by atoms with Crippen molar-refractivity contribution in [2.75, 3.05) is 26.2 Å². The van der Waals surface area contributed by atoms with Gasteiger partial charge in [-0.15, -0.1) is 0 Å². The van der Waals surface area contributed by atoms with Crippen LogP contribution in [0.15, 0.2) is 58.7 Å². The average Bonchev–Trinajstić information content (AvgIpc) is 2.70. The second-order valence-corrected chi connectivity index (χ2v) is 8.03. The minimum Gasteiger partial charge on any atom is -0.357 e. The van der Waals surface area contributed by atoms with E-state index in [2.05, 4.69) is 49.2 Å². The highest BCUT2D eigenvalue weighted by molar-refractivity contribution is 7.89. The molecule has 1 aliphatic rings. The minimum atomic E-state index is -3.55. The van der Waals surface area contributed by atoms with Gasteiger partial charge in [0.25, 0.3) is 0 Å². The number of aliphatic imine (C=N–C) groups is 1. The highest BCUT2D eigenvalue weighted by Gasteiger charge is 2.18. The fraction of sp³-hybridized carbons (Fsp3) is 0.368.